The average Bonchev–Trinajstić information content (AvgIpc) is 2.16. The van der Waals surface area contributed by atoms with Gasteiger partial charge in [-0.1, -0.05) is 13.5 Å². The highest BCUT2D eigenvalue weighted by Crippen LogP contribution is 2.25. The average molecular weight is 288 g/mol. The van der Waals surface area contributed by atoms with Gasteiger partial charge >= 0.3 is 0 Å². The third-order valence-corrected chi connectivity index (χ3v) is 2.88. The molecule has 0 fully saturated rings. The van der Waals surface area contributed by atoms with Crippen LogP contribution >= 0.6 is 22.6 Å². The Kier molecular flexibility index (Phi) is 3.78. The van der Waals surface area contributed by atoms with Gasteiger partial charge in [0.1, 0.15) is 5.75 Å². The Morgan fingerprint density at radius 2 is 2.23 bits per heavy atom. The summed E-state index contributed by atoms with van der Waals surface area (Å²) in [6.07, 6.45) is 0.988. The number of methoxy groups -OCH3 is 1. The van der Waals surface area contributed by atoms with Gasteiger partial charge in [0, 0.05) is 3.57 Å². The molecule has 0 aliphatic rings. The van der Waals surface area contributed by atoms with Gasteiger partial charge in [-0.05, 0) is 58.3 Å². The van der Waals surface area contributed by atoms with Gasteiger partial charge in [-0.2, -0.15) is 0 Å². The first-order valence-corrected chi connectivity index (χ1v) is 5.28. The fourth-order valence-corrected chi connectivity index (χ4v) is 1.97. The van der Waals surface area contributed by atoms with Crippen molar-refractivity contribution in [3.05, 3.63) is 33.9 Å². The highest BCUT2D eigenvalue weighted by Gasteiger charge is 2.03. The monoisotopic (exact) mass is 288 g/mol. The van der Waals surface area contributed by atoms with Crippen LogP contribution in [0.1, 0.15) is 18.9 Å². The van der Waals surface area contributed by atoms with E-state index in [9.17, 15) is 0 Å². The lowest BCUT2D eigenvalue weighted by Gasteiger charge is -2.07. The van der Waals surface area contributed by atoms with Gasteiger partial charge in [0.15, 0.2) is 0 Å². The molecule has 0 aliphatic carbocycles. The molecule has 2 heteroatoms. The SMILES string of the molecule is C=C(CC)c1ccc(OC)cc1I. The van der Waals surface area contributed by atoms with Crippen molar-refractivity contribution in [3.8, 4) is 5.75 Å². The van der Waals surface area contributed by atoms with Gasteiger partial charge < -0.3 is 4.74 Å². The van der Waals surface area contributed by atoms with Crippen molar-refractivity contribution < 1.29 is 4.74 Å². The summed E-state index contributed by atoms with van der Waals surface area (Å²) in [4.78, 5) is 0. The normalized spacial score (nSPS) is 9.77. The van der Waals surface area contributed by atoms with Gasteiger partial charge in [-0.25, -0.2) is 0 Å². The molecule has 1 nitrogen and oxygen atoms in total. The number of rotatable bonds is 3. The van der Waals surface area contributed by atoms with Crippen molar-refractivity contribution in [1.29, 1.82) is 0 Å². The first-order chi connectivity index (χ1) is 6.19. The van der Waals surface area contributed by atoms with Gasteiger partial charge in [0.25, 0.3) is 0 Å². The zero-order valence-electron chi connectivity index (χ0n) is 7.93. The van der Waals surface area contributed by atoms with E-state index in [1.54, 1.807) is 7.11 Å². The Labute approximate surface area is 92.9 Å². The summed E-state index contributed by atoms with van der Waals surface area (Å²) in [7, 11) is 1.68. The summed E-state index contributed by atoms with van der Waals surface area (Å²) in [5, 5.41) is 0. The fraction of sp³-hybridized carbons (Fsp3) is 0.273. The standard InChI is InChI=1S/C11H13IO/c1-4-8(2)10-6-5-9(13-3)7-11(10)12/h5-7H,2,4H2,1,3H3. The van der Waals surface area contributed by atoms with Crippen LogP contribution < -0.4 is 4.74 Å². The number of halogens is 1. The van der Waals surface area contributed by atoms with E-state index < -0.39 is 0 Å². The number of ether oxygens (including phenoxy) is 1. The molecule has 0 aliphatic heterocycles. The Balaban J connectivity index is 3.05. The molecule has 0 N–H and O–H groups in total. The quantitative estimate of drug-likeness (QED) is 0.770. The van der Waals surface area contributed by atoms with Crippen LogP contribution in [0, 0.1) is 3.57 Å². The molecule has 1 rings (SSSR count). The lowest BCUT2D eigenvalue weighted by molar-refractivity contribution is 0.414. The van der Waals surface area contributed by atoms with Crippen LogP contribution in [-0.2, 0) is 0 Å². The van der Waals surface area contributed by atoms with E-state index in [2.05, 4.69) is 42.2 Å². The minimum atomic E-state index is 0.900. The zero-order chi connectivity index (χ0) is 9.84. The van der Waals surface area contributed by atoms with Crippen molar-refractivity contribution in [3.63, 3.8) is 0 Å². The predicted octanol–water partition coefficient (Wildman–Crippen LogP) is 3.72. The van der Waals surface area contributed by atoms with E-state index in [0.29, 0.717) is 0 Å². The number of allylic oxidation sites excluding steroid dienone is 1. The lowest BCUT2D eigenvalue weighted by Crippen LogP contribution is -1.89. The molecule has 70 valence electrons. The predicted molar refractivity (Wildman–Crippen MR) is 65.0 cm³/mol. The second kappa shape index (κ2) is 4.65. The van der Waals surface area contributed by atoms with Gasteiger partial charge in [-0.15, -0.1) is 0 Å². The van der Waals surface area contributed by atoms with Crippen LogP contribution in [0.2, 0.25) is 0 Å². The van der Waals surface area contributed by atoms with E-state index in [0.717, 1.165) is 12.2 Å². The maximum absolute atomic E-state index is 5.13. The van der Waals surface area contributed by atoms with E-state index in [1.165, 1.54) is 14.7 Å². The van der Waals surface area contributed by atoms with Crippen LogP contribution in [0.25, 0.3) is 5.57 Å². The molecule has 0 spiro atoms. The van der Waals surface area contributed by atoms with E-state index in [1.807, 2.05) is 12.1 Å². The van der Waals surface area contributed by atoms with Crippen molar-refractivity contribution in [2.45, 2.75) is 13.3 Å². The first-order valence-electron chi connectivity index (χ1n) is 4.20. The third kappa shape index (κ3) is 2.46. The highest BCUT2D eigenvalue weighted by atomic mass is 127. The van der Waals surface area contributed by atoms with Crippen molar-refractivity contribution in [2.75, 3.05) is 7.11 Å². The maximum Gasteiger partial charge on any atom is 0.119 e. The Morgan fingerprint density at radius 3 is 2.69 bits per heavy atom. The summed E-state index contributed by atoms with van der Waals surface area (Å²) in [5.74, 6) is 0.900. The van der Waals surface area contributed by atoms with Crippen LogP contribution in [0.5, 0.6) is 5.75 Å². The van der Waals surface area contributed by atoms with Crippen molar-refractivity contribution >= 4 is 28.2 Å². The van der Waals surface area contributed by atoms with Gasteiger partial charge in [-0.3, -0.25) is 0 Å². The molecule has 1 aromatic carbocycles. The highest BCUT2D eigenvalue weighted by molar-refractivity contribution is 14.1. The molecule has 0 radical (unpaired) electrons. The second-order valence-electron chi connectivity index (χ2n) is 2.80. The summed E-state index contributed by atoms with van der Waals surface area (Å²) < 4.78 is 6.33. The molecule has 0 aromatic heterocycles. The number of hydrogen-bond acceptors (Lipinski definition) is 1. The minimum absolute atomic E-state index is 0.900. The van der Waals surface area contributed by atoms with Gasteiger partial charge in [0.05, 0.1) is 7.11 Å². The zero-order valence-corrected chi connectivity index (χ0v) is 10.1. The van der Waals surface area contributed by atoms with Gasteiger partial charge in [0.2, 0.25) is 0 Å². The van der Waals surface area contributed by atoms with Crippen molar-refractivity contribution in [2.24, 2.45) is 0 Å². The fourth-order valence-electron chi connectivity index (χ4n) is 1.10. The molecular weight excluding hydrogens is 275 g/mol. The summed E-state index contributed by atoms with van der Waals surface area (Å²) in [5.41, 5.74) is 2.40. The van der Waals surface area contributed by atoms with E-state index >= 15 is 0 Å². The smallest absolute Gasteiger partial charge is 0.119 e. The van der Waals surface area contributed by atoms with Crippen LogP contribution in [-0.4, -0.2) is 7.11 Å². The molecular formula is C11H13IO. The summed E-state index contributed by atoms with van der Waals surface area (Å²) in [6.45, 7) is 6.13. The van der Waals surface area contributed by atoms with Crippen LogP contribution in [0.3, 0.4) is 0 Å². The molecule has 0 unspecified atom stereocenters. The largest absolute Gasteiger partial charge is 0.497 e. The van der Waals surface area contributed by atoms with Crippen LogP contribution in [0.4, 0.5) is 0 Å². The summed E-state index contributed by atoms with van der Waals surface area (Å²) in [6, 6.07) is 6.06. The molecule has 0 atom stereocenters. The summed E-state index contributed by atoms with van der Waals surface area (Å²) >= 11 is 2.31. The molecule has 0 saturated heterocycles. The number of hydrogen-bond donors (Lipinski definition) is 0. The molecule has 0 amide bonds. The van der Waals surface area contributed by atoms with Crippen LogP contribution in [0.15, 0.2) is 24.8 Å². The third-order valence-electron chi connectivity index (χ3n) is 1.98. The maximum atomic E-state index is 5.13. The molecule has 0 bridgehead atoms. The Morgan fingerprint density at radius 1 is 1.54 bits per heavy atom. The molecule has 1 aromatic rings. The lowest BCUT2D eigenvalue weighted by atomic mass is 10.1. The van der Waals surface area contributed by atoms with E-state index in [-0.39, 0.29) is 0 Å². The molecule has 13 heavy (non-hydrogen) atoms. The number of benzene rings is 1. The van der Waals surface area contributed by atoms with Crippen molar-refractivity contribution in [1.82, 2.24) is 0 Å². The Hall–Kier alpha value is -0.510. The molecule has 0 heterocycles. The first kappa shape index (κ1) is 10.6. The Bertz CT molecular complexity index is 318. The molecule has 0 saturated carbocycles. The topological polar surface area (TPSA) is 9.23 Å². The second-order valence-corrected chi connectivity index (χ2v) is 3.97. The minimum Gasteiger partial charge on any atom is -0.497 e. The van der Waals surface area contributed by atoms with E-state index in [4.69, 9.17) is 4.74 Å².